The number of ether oxygens (including phenoxy) is 1. The summed E-state index contributed by atoms with van der Waals surface area (Å²) in [6.45, 7) is 5.74. The van der Waals surface area contributed by atoms with E-state index in [9.17, 15) is 14.7 Å². The SMILES string of the molecule is CCC1OCCC1CNC(=O)N1CCCC1(CC)C(=O)O. The average Bonchev–Trinajstić information content (AvgIpc) is 3.11. The molecule has 2 N–H and O–H groups in total. The molecule has 0 radical (unpaired) electrons. The summed E-state index contributed by atoms with van der Waals surface area (Å²) in [4.78, 5) is 25.5. The number of aliphatic carboxylic acids is 1. The highest BCUT2D eigenvalue weighted by Crippen LogP contribution is 2.33. The van der Waals surface area contributed by atoms with Crippen LogP contribution in [-0.2, 0) is 9.53 Å². The molecule has 2 aliphatic rings. The molecule has 0 aromatic rings. The largest absolute Gasteiger partial charge is 0.479 e. The first-order valence-electron chi connectivity index (χ1n) is 7.95. The van der Waals surface area contributed by atoms with Gasteiger partial charge in [0.05, 0.1) is 6.10 Å². The van der Waals surface area contributed by atoms with E-state index in [2.05, 4.69) is 12.2 Å². The van der Waals surface area contributed by atoms with Gasteiger partial charge >= 0.3 is 12.0 Å². The molecular weight excluding hydrogens is 272 g/mol. The number of carbonyl (C=O) groups excluding carboxylic acids is 1. The zero-order valence-electron chi connectivity index (χ0n) is 12.9. The molecule has 2 amide bonds. The fourth-order valence-electron chi connectivity index (χ4n) is 3.61. The smallest absolute Gasteiger partial charge is 0.329 e. The van der Waals surface area contributed by atoms with Crippen LogP contribution >= 0.6 is 0 Å². The van der Waals surface area contributed by atoms with E-state index in [1.807, 2.05) is 6.92 Å². The van der Waals surface area contributed by atoms with Gasteiger partial charge in [-0.2, -0.15) is 0 Å². The van der Waals surface area contributed by atoms with Gasteiger partial charge in [0.25, 0.3) is 0 Å². The third kappa shape index (κ3) is 3.00. The van der Waals surface area contributed by atoms with Gasteiger partial charge in [-0.05, 0) is 32.1 Å². The lowest BCUT2D eigenvalue weighted by Gasteiger charge is -2.34. The van der Waals surface area contributed by atoms with Gasteiger partial charge in [-0.25, -0.2) is 9.59 Å². The summed E-state index contributed by atoms with van der Waals surface area (Å²) >= 11 is 0. The highest BCUT2D eigenvalue weighted by molar-refractivity contribution is 5.87. The second-order valence-electron chi connectivity index (χ2n) is 6.00. The fourth-order valence-corrected chi connectivity index (χ4v) is 3.61. The van der Waals surface area contributed by atoms with Crippen molar-refractivity contribution in [2.75, 3.05) is 19.7 Å². The van der Waals surface area contributed by atoms with Crippen molar-refractivity contribution < 1.29 is 19.4 Å². The van der Waals surface area contributed by atoms with Crippen molar-refractivity contribution in [3.63, 3.8) is 0 Å². The minimum Gasteiger partial charge on any atom is -0.479 e. The van der Waals surface area contributed by atoms with Crippen molar-refractivity contribution in [2.45, 2.75) is 57.6 Å². The average molecular weight is 298 g/mol. The number of amides is 2. The van der Waals surface area contributed by atoms with Crippen LogP contribution in [0.1, 0.15) is 46.0 Å². The van der Waals surface area contributed by atoms with Crippen LogP contribution < -0.4 is 5.32 Å². The molecule has 2 fully saturated rings. The minimum atomic E-state index is -1.03. The predicted octanol–water partition coefficient (Wildman–Crippen LogP) is 1.84. The topological polar surface area (TPSA) is 78.9 Å². The number of carbonyl (C=O) groups is 2. The van der Waals surface area contributed by atoms with Crippen LogP contribution in [0.15, 0.2) is 0 Å². The zero-order chi connectivity index (χ0) is 15.5. The quantitative estimate of drug-likeness (QED) is 0.811. The fraction of sp³-hybridized carbons (Fsp3) is 0.867. The molecule has 0 aromatic heterocycles. The maximum Gasteiger partial charge on any atom is 0.329 e. The van der Waals surface area contributed by atoms with Gasteiger partial charge in [0.2, 0.25) is 0 Å². The van der Waals surface area contributed by atoms with Crippen LogP contribution in [0, 0.1) is 5.92 Å². The van der Waals surface area contributed by atoms with E-state index < -0.39 is 11.5 Å². The molecule has 2 aliphatic heterocycles. The standard InChI is InChI=1S/C15H26N2O4/c1-3-12-11(6-9-21-12)10-16-14(20)17-8-5-7-15(17,4-2)13(18)19/h11-12H,3-10H2,1-2H3,(H,16,20)(H,18,19). The lowest BCUT2D eigenvalue weighted by molar-refractivity contribution is -0.148. The Hall–Kier alpha value is -1.30. The third-order valence-electron chi connectivity index (χ3n) is 4.98. The van der Waals surface area contributed by atoms with E-state index in [4.69, 9.17) is 4.74 Å². The van der Waals surface area contributed by atoms with Crippen molar-refractivity contribution in [1.29, 1.82) is 0 Å². The first-order valence-corrected chi connectivity index (χ1v) is 7.95. The summed E-state index contributed by atoms with van der Waals surface area (Å²) in [5, 5.41) is 12.4. The number of likely N-dealkylation sites (tertiary alicyclic amines) is 1. The number of nitrogens with zero attached hydrogens (tertiary/aromatic N) is 1. The van der Waals surface area contributed by atoms with Crippen molar-refractivity contribution in [3.05, 3.63) is 0 Å². The van der Waals surface area contributed by atoms with Crippen molar-refractivity contribution >= 4 is 12.0 Å². The number of carboxylic acids is 1. The van der Waals surface area contributed by atoms with Crippen molar-refractivity contribution in [1.82, 2.24) is 10.2 Å². The molecule has 2 saturated heterocycles. The number of urea groups is 1. The molecule has 120 valence electrons. The molecular formula is C15H26N2O4. The Bertz CT molecular complexity index is 401. The highest BCUT2D eigenvalue weighted by Gasteiger charge is 2.48. The van der Waals surface area contributed by atoms with E-state index in [1.54, 1.807) is 0 Å². The molecule has 6 nitrogen and oxygen atoms in total. The number of hydrogen-bond donors (Lipinski definition) is 2. The Kier molecular flexibility index (Phi) is 5.08. The molecule has 0 aliphatic carbocycles. The van der Waals surface area contributed by atoms with Gasteiger partial charge < -0.3 is 20.1 Å². The second kappa shape index (κ2) is 6.64. The summed E-state index contributed by atoms with van der Waals surface area (Å²) in [6.07, 6.45) is 3.84. The highest BCUT2D eigenvalue weighted by atomic mass is 16.5. The van der Waals surface area contributed by atoms with Crippen LogP contribution in [0.5, 0.6) is 0 Å². The predicted molar refractivity (Wildman–Crippen MR) is 78.1 cm³/mol. The Morgan fingerprint density at radius 3 is 2.81 bits per heavy atom. The van der Waals surface area contributed by atoms with Gasteiger partial charge in [0.1, 0.15) is 5.54 Å². The molecule has 0 saturated carbocycles. The van der Waals surface area contributed by atoms with Crippen LogP contribution in [0.2, 0.25) is 0 Å². The summed E-state index contributed by atoms with van der Waals surface area (Å²) in [7, 11) is 0. The summed E-state index contributed by atoms with van der Waals surface area (Å²) in [5.41, 5.74) is -1.03. The van der Waals surface area contributed by atoms with Gasteiger partial charge in [-0.1, -0.05) is 13.8 Å². The van der Waals surface area contributed by atoms with Crippen molar-refractivity contribution in [2.24, 2.45) is 5.92 Å². The molecule has 0 aromatic carbocycles. The van der Waals surface area contributed by atoms with E-state index in [-0.39, 0.29) is 12.1 Å². The van der Waals surface area contributed by atoms with E-state index in [1.165, 1.54) is 4.90 Å². The number of hydrogen-bond acceptors (Lipinski definition) is 3. The zero-order valence-corrected chi connectivity index (χ0v) is 12.9. The molecule has 21 heavy (non-hydrogen) atoms. The van der Waals surface area contributed by atoms with Crippen LogP contribution in [0.3, 0.4) is 0 Å². The molecule has 2 heterocycles. The Morgan fingerprint density at radius 1 is 1.43 bits per heavy atom. The summed E-state index contributed by atoms with van der Waals surface area (Å²) in [5.74, 6) is -0.560. The third-order valence-corrected chi connectivity index (χ3v) is 4.98. The number of carboxylic acid groups (broad SMARTS) is 1. The molecule has 2 rings (SSSR count). The second-order valence-corrected chi connectivity index (χ2v) is 6.00. The summed E-state index contributed by atoms with van der Waals surface area (Å²) < 4.78 is 5.61. The number of nitrogens with one attached hydrogen (secondary N) is 1. The Morgan fingerprint density at radius 2 is 2.19 bits per heavy atom. The van der Waals surface area contributed by atoms with Crippen molar-refractivity contribution in [3.8, 4) is 0 Å². The summed E-state index contributed by atoms with van der Waals surface area (Å²) in [6, 6.07) is -0.251. The maximum absolute atomic E-state index is 12.4. The maximum atomic E-state index is 12.4. The molecule has 0 spiro atoms. The van der Waals surface area contributed by atoms with E-state index in [0.717, 1.165) is 25.9 Å². The Balaban J connectivity index is 1.95. The molecule has 6 heteroatoms. The first-order chi connectivity index (χ1) is 10.0. The molecule has 3 atom stereocenters. The van der Waals surface area contributed by atoms with E-state index >= 15 is 0 Å². The minimum absolute atomic E-state index is 0.208. The normalized spacial score (nSPS) is 32.4. The lowest BCUT2D eigenvalue weighted by Crippen LogP contribution is -2.56. The van der Waals surface area contributed by atoms with Crippen LogP contribution in [0.25, 0.3) is 0 Å². The molecule has 3 unspecified atom stereocenters. The van der Waals surface area contributed by atoms with Crippen LogP contribution in [-0.4, -0.2) is 53.3 Å². The van der Waals surface area contributed by atoms with Crippen LogP contribution in [0.4, 0.5) is 4.79 Å². The monoisotopic (exact) mass is 298 g/mol. The number of rotatable bonds is 5. The Labute approximate surface area is 125 Å². The first kappa shape index (κ1) is 16.1. The van der Waals surface area contributed by atoms with Gasteiger partial charge in [0.15, 0.2) is 0 Å². The van der Waals surface area contributed by atoms with E-state index in [0.29, 0.717) is 31.8 Å². The molecule has 0 bridgehead atoms. The lowest BCUT2D eigenvalue weighted by atomic mass is 9.93. The van der Waals surface area contributed by atoms with Gasteiger partial charge in [-0.3, -0.25) is 0 Å². The van der Waals surface area contributed by atoms with Gasteiger partial charge in [-0.15, -0.1) is 0 Å². The van der Waals surface area contributed by atoms with Gasteiger partial charge in [0, 0.05) is 25.6 Å².